The molecule has 2 aromatic heterocycles. The minimum Gasteiger partial charge on any atom is -1.00 e. The van der Waals surface area contributed by atoms with Gasteiger partial charge in [0.05, 0.1) is 11.1 Å². The lowest BCUT2D eigenvalue weighted by Gasteiger charge is -1.99. The average Bonchev–Trinajstić information content (AvgIpc) is 3.11. The second-order valence-corrected chi connectivity index (χ2v) is 5.60. The van der Waals surface area contributed by atoms with E-state index in [1.54, 1.807) is 9.36 Å². The lowest BCUT2D eigenvalue weighted by atomic mass is 10.1. The minimum absolute atomic E-state index is 0. The molecule has 3 aromatic rings. The number of nitrogens with zero attached hydrogens (tertiary/aromatic N) is 4. The number of benzene rings is 1. The molecule has 0 aliphatic carbocycles. The molecule has 2 heterocycles. The maximum Gasteiger partial charge on any atom is 0.304 e. The molecule has 0 fully saturated rings. The van der Waals surface area contributed by atoms with Crippen molar-refractivity contribution in [2.75, 3.05) is 11.5 Å². The van der Waals surface area contributed by atoms with Gasteiger partial charge in [0.2, 0.25) is 10.5 Å². The number of anilines is 2. The molecule has 0 spiro atoms. The molecule has 8 nitrogen and oxygen atoms in total. The highest BCUT2D eigenvalue weighted by molar-refractivity contribution is 5.74. The minimum atomic E-state index is 0. The molecule has 1 aromatic carbocycles. The van der Waals surface area contributed by atoms with E-state index in [-0.39, 0.29) is 24.8 Å². The average molecular weight is 401 g/mol. The topological polar surface area (TPSA) is 112 Å². The van der Waals surface area contributed by atoms with Crippen LogP contribution in [0.3, 0.4) is 0 Å². The van der Waals surface area contributed by atoms with E-state index in [1.165, 1.54) is 0 Å². The van der Waals surface area contributed by atoms with Crippen LogP contribution < -0.4 is 45.6 Å². The van der Waals surface area contributed by atoms with Crippen LogP contribution >= 0.6 is 0 Å². The second kappa shape index (κ2) is 9.40. The molecule has 0 amide bonds. The molecule has 4 N–H and O–H groups in total. The van der Waals surface area contributed by atoms with Crippen molar-refractivity contribution in [3.05, 3.63) is 24.3 Å². The first-order valence-electron chi connectivity index (χ1n) is 8.07. The third kappa shape index (κ3) is 4.08. The van der Waals surface area contributed by atoms with E-state index in [1.807, 2.05) is 24.3 Å². The van der Waals surface area contributed by atoms with Gasteiger partial charge in [0, 0.05) is 12.8 Å². The van der Waals surface area contributed by atoms with Crippen LogP contribution in [-0.2, 0) is 13.1 Å². The van der Waals surface area contributed by atoms with Gasteiger partial charge in [-0.15, -0.1) is 0 Å². The Morgan fingerprint density at radius 2 is 1.27 bits per heavy atom. The molecule has 0 unspecified atom stereocenters. The zero-order valence-corrected chi connectivity index (χ0v) is 16.2. The molecular formula is C16H22Cl2N6O2. The number of aryl methyl sites for hydroxylation is 2. The predicted octanol–water partition coefficient (Wildman–Crippen LogP) is -4.44. The third-order valence-corrected chi connectivity index (χ3v) is 3.74. The molecule has 10 heteroatoms. The van der Waals surface area contributed by atoms with E-state index < -0.39 is 0 Å². The third-order valence-electron chi connectivity index (χ3n) is 3.74. The molecule has 0 atom stereocenters. The van der Waals surface area contributed by atoms with Gasteiger partial charge in [-0.05, 0) is 27.6 Å². The number of nitrogen functional groups attached to an aromatic ring is 2. The van der Waals surface area contributed by atoms with Crippen molar-refractivity contribution in [1.29, 1.82) is 0 Å². The van der Waals surface area contributed by atoms with Gasteiger partial charge in [0.25, 0.3) is 0 Å². The molecule has 142 valence electrons. The second-order valence-electron chi connectivity index (χ2n) is 5.60. The van der Waals surface area contributed by atoms with Crippen LogP contribution in [0.25, 0.3) is 22.5 Å². The van der Waals surface area contributed by atoms with Crippen LogP contribution in [0.5, 0.6) is 0 Å². The molecule has 0 bridgehead atoms. The number of halogens is 2. The first-order chi connectivity index (χ1) is 11.7. The van der Waals surface area contributed by atoms with Crippen LogP contribution in [0.2, 0.25) is 0 Å². The molecule has 0 radical (unpaired) electrons. The summed E-state index contributed by atoms with van der Waals surface area (Å²) >= 11 is 0. The van der Waals surface area contributed by atoms with Crippen molar-refractivity contribution in [3.63, 3.8) is 0 Å². The number of aromatic nitrogens is 4. The molecule has 0 aliphatic heterocycles. The Morgan fingerprint density at radius 3 is 1.65 bits per heavy atom. The normalized spacial score (nSPS) is 10.2. The van der Waals surface area contributed by atoms with Gasteiger partial charge in [0.1, 0.15) is 0 Å². The van der Waals surface area contributed by atoms with Crippen LogP contribution in [-0.4, -0.2) is 10.5 Å². The summed E-state index contributed by atoms with van der Waals surface area (Å²) in [5.74, 6) is 0.584. The van der Waals surface area contributed by atoms with Gasteiger partial charge < -0.3 is 36.3 Å². The van der Waals surface area contributed by atoms with Gasteiger partial charge in [-0.1, -0.05) is 19.9 Å². The smallest absolute Gasteiger partial charge is 0.304 e. The Morgan fingerprint density at radius 1 is 0.846 bits per heavy atom. The summed E-state index contributed by atoms with van der Waals surface area (Å²) in [4.78, 5) is 0. The fourth-order valence-electron chi connectivity index (χ4n) is 2.73. The van der Waals surface area contributed by atoms with Gasteiger partial charge >= 0.3 is 23.2 Å². The quantitative estimate of drug-likeness (QED) is 0.404. The lowest BCUT2D eigenvalue weighted by molar-refractivity contribution is -0.752. The van der Waals surface area contributed by atoms with Crippen LogP contribution in [0.15, 0.2) is 33.3 Å². The predicted molar refractivity (Wildman–Crippen MR) is 87.2 cm³/mol. The van der Waals surface area contributed by atoms with Crippen molar-refractivity contribution in [2.24, 2.45) is 0 Å². The first-order valence-corrected chi connectivity index (χ1v) is 8.07. The van der Waals surface area contributed by atoms with Crippen LogP contribution in [0.4, 0.5) is 11.8 Å². The standard InChI is InChI=1S/C16H22N6O2.2ClH/c1-3-8-21-13(15(17)23-19-21)11-6-5-7-12(10-11)14-16(18)24-20-22(14)9-4-2;;/h5-7,10H,3-4,8-9,17-18H2,1-2H3;2*1H/q+2;;/p-2. The van der Waals surface area contributed by atoms with E-state index in [9.17, 15) is 0 Å². The van der Waals surface area contributed by atoms with E-state index >= 15 is 0 Å². The molecule has 0 saturated heterocycles. The highest BCUT2D eigenvalue weighted by Gasteiger charge is 2.28. The largest absolute Gasteiger partial charge is 1.00 e. The van der Waals surface area contributed by atoms with Crippen LogP contribution in [0, 0.1) is 0 Å². The molecular weight excluding hydrogens is 379 g/mol. The molecule has 26 heavy (non-hydrogen) atoms. The Hall–Kier alpha value is -2.32. The van der Waals surface area contributed by atoms with Crippen molar-refractivity contribution in [3.8, 4) is 22.5 Å². The zero-order valence-electron chi connectivity index (χ0n) is 14.7. The van der Waals surface area contributed by atoms with Crippen LogP contribution in [0.1, 0.15) is 26.7 Å². The number of rotatable bonds is 6. The summed E-state index contributed by atoms with van der Waals surface area (Å²) < 4.78 is 13.8. The number of hydrogen-bond acceptors (Lipinski definition) is 6. The summed E-state index contributed by atoms with van der Waals surface area (Å²) in [6.07, 6.45) is 1.86. The fourth-order valence-corrected chi connectivity index (χ4v) is 2.73. The Labute approximate surface area is 163 Å². The SMILES string of the molecule is CCC[n+]1noc(N)c1-c1cccc(-c2c(N)on[n+]2CCC)c1.[Cl-].[Cl-]. The van der Waals surface area contributed by atoms with E-state index in [0.717, 1.165) is 48.4 Å². The highest BCUT2D eigenvalue weighted by atomic mass is 35.5. The van der Waals surface area contributed by atoms with Crippen molar-refractivity contribution < 1.29 is 43.2 Å². The highest BCUT2D eigenvalue weighted by Crippen LogP contribution is 2.28. The Kier molecular flexibility index (Phi) is 7.85. The first kappa shape index (κ1) is 21.7. The summed E-state index contributed by atoms with van der Waals surface area (Å²) in [6.45, 7) is 5.60. The van der Waals surface area contributed by atoms with E-state index in [2.05, 4.69) is 24.4 Å². The fraction of sp³-hybridized carbons (Fsp3) is 0.375. The maximum atomic E-state index is 5.97. The molecule has 3 rings (SSSR count). The lowest BCUT2D eigenvalue weighted by Crippen LogP contribution is -3.00. The summed E-state index contributed by atoms with van der Waals surface area (Å²) in [6, 6.07) is 7.86. The number of hydrogen-bond donors (Lipinski definition) is 2. The van der Waals surface area contributed by atoms with Crippen molar-refractivity contribution in [2.45, 2.75) is 39.8 Å². The Balaban J connectivity index is 0.00000169. The Bertz CT molecular complexity index is 784. The maximum absolute atomic E-state index is 5.97. The van der Waals surface area contributed by atoms with Crippen molar-refractivity contribution in [1.82, 2.24) is 10.5 Å². The summed E-state index contributed by atoms with van der Waals surface area (Å²) in [5.41, 5.74) is 15.3. The van der Waals surface area contributed by atoms with E-state index in [0.29, 0.717) is 11.8 Å². The van der Waals surface area contributed by atoms with Gasteiger partial charge in [0.15, 0.2) is 13.1 Å². The van der Waals surface area contributed by atoms with Gasteiger partial charge in [-0.3, -0.25) is 9.05 Å². The van der Waals surface area contributed by atoms with E-state index in [4.69, 9.17) is 20.5 Å². The summed E-state index contributed by atoms with van der Waals surface area (Å²) in [5, 5.41) is 7.99. The van der Waals surface area contributed by atoms with Crippen molar-refractivity contribution >= 4 is 11.8 Å². The van der Waals surface area contributed by atoms with Gasteiger partial charge in [-0.25, -0.2) is 0 Å². The summed E-state index contributed by atoms with van der Waals surface area (Å²) in [7, 11) is 0. The van der Waals surface area contributed by atoms with Gasteiger partial charge in [-0.2, -0.15) is 0 Å². The monoisotopic (exact) mass is 400 g/mol. The zero-order chi connectivity index (χ0) is 17.1. The molecule has 0 saturated carbocycles. The molecule has 0 aliphatic rings. The number of nitrogens with two attached hydrogens (primary N) is 2.